The standard InChI is InChI=1S/C20H24ClN3O/c21-17-7-4-8-18(12-17)24-20(25)23-14-19-10-9-16(13-22-19)11-15-5-2-1-3-6-15/h1-8,12,16,19,22H,9-11,13-14H2,(H2,23,24,25)/t16-,19+/m1/s1. The summed E-state index contributed by atoms with van der Waals surface area (Å²) in [6, 6.07) is 17.9. The lowest BCUT2D eigenvalue weighted by molar-refractivity contribution is 0.247. The van der Waals surface area contributed by atoms with Gasteiger partial charge >= 0.3 is 6.03 Å². The molecule has 1 aliphatic heterocycles. The molecule has 2 aromatic rings. The van der Waals surface area contributed by atoms with Crippen LogP contribution in [0.15, 0.2) is 54.6 Å². The maximum absolute atomic E-state index is 12.0. The van der Waals surface area contributed by atoms with Crippen LogP contribution in [0.4, 0.5) is 10.5 Å². The molecule has 1 saturated heterocycles. The minimum Gasteiger partial charge on any atom is -0.336 e. The van der Waals surface area contributed by atoms with Crippen molar-refractivity contribution < 1.29 is 4.79 Å². The van der Waals surface area contributed by atoms with Gasteiger partial charge in [0.25, 0.3) is 0 Å². The van der Waals surface area contributed by atoms with Crippen molar-refractivity contribution in [2.45, 2.75) is 25.3 Å². The number of halogens is 1. The van der Waals surface area contributed by atoms with Crippen LogP contribution in [0.1, 0.15) is 18.4 Å². The maximum Gasteiger partial charge on any atom is 0.319 e. The zero-order valence-corrected chi connectivity index (χ0v) is 14.9. The summed E-state index contributed by atoms with van der Waals surface area (Å²) in [6.45, 7) is 1.63. The molecule has 0 aromatic heterocycles. The van der Waals surface area contributed by atoms with Crippen molar-refractivity contribution in [2.75, 3.05) is 18.4 Å². The third kappa shape index (κ3) is 5.76. The third-order valence-corrected chi connectivity index (χ3v) is 4.81. The van der Waals surface area contributed by atoms with E-state index in [-0.39, 0.29) is 6.03 Å². The Labute approximate surface area is 154 Å². The van der Waals surface area contributed by atoms with Gasteiger partial charge in [-0.1, -0.05) is 48.0 Å². The molecule has 3 N–H and O–H groups in total. The van der Waals surface area contributed by atoms with E-state index < -0.39 is 0 Å². The van der Waals surface area contributed by atoms with E-state index in [9.17, 15) is 4.79 Å². The van der Waals surface area contributed by atoms with Gasteiger partial charge in [0.2, 0.25) is 0 Å². The van der Waals surface area contributed by atoms with Gasteiger partial charge < -0.3 is 16.0 Å². The van der Waals surface area contributed by atoms with Crippen LogP contribution in [-0.4, -0.2) is 25.2 Å². The second kappa shape index (κ2) is 8.88. The third-order valence-electron chi connectivity index (χ3n) is 4.58. The molecule has 3 rings (SSSR count). The SMILES string of the molecule is O=C(NC[C@@H]1CC[C@H](Cc2ccccc2)CN1)Nc1cccc(Cl)c1. The second-order valence-corrected chi connectivity index (χ2v) is 7.02. The average Bonchev–Trinajstić information content (AvgIpc) is 2.62. The highest BCUT2D eigenvalue weighted by atomic mass is 35.5. The van der Waals surface area contributed by atoms with Crippen molar-refractivity contribution in [2.24, 2.45) is 5.92 Å². The number of rotatable bonds is 5. The molecule has 2 aromatic carbocycles. The molecule has 1 heterocycles. The minimum absolute atomic E-state index is 0.199. The number of carbonyl (C=O) groups is 1. The lowest BCUT2D eigenvalue weighted by atomic mass is 9.89. The fourth-order valence-corrected chi connectivity index (χ4v) is 3.42. The molecule has 1 aliphatic rings. The summed E-state index contributed by atoms with van der Waals surface area (Å²) in [5.41, 5.74) is 2.09. The van der Waals surface area contributed by atoms with Crippen LogP contribution in [0.2, 0.25) is 5.02 Å². The van der Waals surface area contributed by atoms with Gasteiger partial charge in [-0.15, -0.1) is 0 Å². The molecule has 0 unspecified atom stereocenters. The molecule has 1 fully saturated rings. The number of hydrogen-bond acceptors (Lipinski definition) is 2. The fraction of sp³-hybridized carbons (Fsp3) is 0.350. The fourth-order valence-electron chi connectivity index (χ4n) is 3.23. The quantitative estimate of drug-likeness (QED) is 0.755. The molecule has 2 atom stereocenters. The number of urea groups is 1. The van der Waals surface area contributed by atoms with Crippen LogP contribution in [0, 0.1) is 5.92 Å². The molecule has 4 nitrogen and oxygen atoms in total. The zero-order valence-electron chi connectivity index (χ0n) is 14.2. The number of hydrogen-bond donors (Lipinski definition) is 3. The van der Waals surface area contributed by atoms with E-state index in [1.54, 1.807) is 12.1 Å². The molecule has 0 saturated carbocycles. The number of anilines is 1. The van der Waals surface area contributed by atoms with Crippen molar-refractivity contribution in [3.63, 3.8) is 0 Å². The van der Waals surface area contributed by atoms with Crippen LogP contribution in [0.5, 0.6) is 0 Å². The van der Waals surface area contributed by atoms with E-state index in [4.69, 9.17) is 11.6 Å². The molecule has 132 valence electrons. The maximum atomic E-state index is 12.0. The van der Waals surface area contributed by atoms with E-state index in [1.165, 1.54) is 12.0 Å². The second-order valence-electron chi connectivity index (χ2n) is 6.58. The highest BCUT2D eigenvalue weighted by Crippen LogP contribution is 2.19. The Hall–Kier alpha value is -2.04. The van der Waals surface area contributed by atoms with Gasteiger partial charge in [-0.25, -0.2) is 4.79 Å². The van der Waals surface area contributed by atoms with Crippen LogP contribution in [0.3, 0.4) is 0 Å². The zero-order chi connectivity index (χ0) is 17.5. The monoisotopic (exact) mass is 357 g/mol. The van der Waals surface area contributed by atoms with Gasteiger partial charge in [0, 0.05) is 23.3 Å². The number of piperidine rings is 1. The first-order valence-electron chi connectivity index (χ1n) is 8.77. The van der Waals surface area contributed by atoms with E-state index in [0.717, 1.165) is 19.4 Å². The van der Waals surface area contributed by atoms with Crippen LogP contribution < -0.4 is 16.0 Å². The Bertz CT molecular complexity index is 684. The van der Waals surface area contributed by atoms with Gasteiger partial charge in [-0.2, -0.15) is 0 Å². The summed E-state index contributed by atoms with van der Waals surface area (Å²) in [4.78, 5) is 12.0. The topological polar surface area (TPSA) is 53.2 Å². The first-order valence-corrected chi connectivity index (χ1v) is 9.14. The lowest BCUT2D eigenvalue weighted by Crippen LogP contribution is -2.47. The number of carbonyl (C=O) groups excluding carboxylic acids is 1. The Morgan fingerprint density at radius 2 is 1.96 bits per heavy atom. The Kier molecular flexibility index (Phi) is 6.31. The van der Waals surface area contributed by atoms with Crippen LogP contribution in [0.25, 0.3) is 0 Å². The molecule has 0 radical (unpaired) electrons. The van der Waals surface area contributed by atoms with Gasteiger partial charge in [-0.3, -0.25) is 0 Å². The summed E-state index contributed by atoms with van der Waals surface area (Å²) in [5.74, 6) is 0.666. The van der Waals surface area contributed by atoms with Gasteiger partial charge in [0.05, 0.1) is 0 Å². The lowest BCUT2D eigenvalue weighted by Gasteiger charge is -2.30. The average molecular weight is 358 g/mol. The van der Waals surface area contributed by atoms with E-state index in [1.807, 2.05) is 12.1 Å². The smallest absolute Gasteiger partial charge is 0.319 e. The minimum atomic E-state index is -0.199. The Balaban J connectivity index is 1.37. The predicted molar refractivity (Wildman–Crippen MR) is 103 cm³/mol. The molecule has 5 heteroatoms. The van der Waals surface area contributed by atoms with Crippen LogP contribution in [-0.2, 0) is 6.42 Å². The molecule has 0 bridgehead atoms. The molecule has 0 spiro atoms. The van der Waals surface area contributed by atoms with Gasteiger partial charge in [-0.05, 0) is 55.5 Å². The molecule has 25 heavy (non-hydrogen) atoms. The van der Waals surface area contributed by atoms with E-state index in [2.05, 4.69) is 46.3 Å². The molecule has 2 amide bonds. The van der Waals surface area contributed by atoms with Crippen molar-refractivity contribution in [3.8, 4) is 0 Å². The first-order chi connectivity index (χ1) is 12.2. The summed E-state index contributed by atoms with van der Waals surface area (Å²) >= 11 is 5.92. The highest BCUT2D eigenvalue weighted by Gasteiger charge is 2.21. The molecular weight excluding hydrogens is 334 g/mol. The van der Waals surface area contributed by atoms with Crippen molar-refractivity contribution in [3.05, 3.63) is 65.2 Å². The van der Waals surface area contributed by atoms with Crippen LogP contribution >= 0.6 is 11.6 Å². The molecular formula is C20H24ClN3O. The van der Waals surface area contributed by atoms with Crippen molar-refractivity contribution in [1.82, 2.24) is 10.6 Å². The first kappa shape index (κ1) is 17.8. The van der Waals surface area contributed by atoms with Crippen molar-refractivity contribution >= 4 is 23.3 Å². The van der Waals surface area contributed by atoms with Crippen molar-refractivity contribution in [1.29, 1.82) is 0 Å². The Morgan fingerprint density at radius 1 is 1.12 bits per heavy atom. The van der Waals surface area contributed by atoms with Gasteiger partial charge in [0.15, 0.2) is 0 Å². The summed E-state index contributed by atoms with van der Waals surface area (Å²) in [6.07, 6.45) is 3.38. The largest absolute Gasteiger partial charge is 0.336 e. The summed E-state index contributed by atoms with van der Waals surface area (Å²) in [5, 5.41) is 9.89. The van der Waals surface area contributed by atoms with E-state index >= 15 is 0 Å². The summed E-state index contributed by atoms with van der Waals surface area (Å²) < 4.78 is 0. The van der Waals surface area contributed by atoms with E-state index in [0.29, 0.717) is 29.2 Å². The van der Waals surface area contributed by atoms with Gasteiger partial charge in [0.1, 0.15) is 0 Å². The normalized spacial score (nSPS) is 20.0. The molecule has 0 aliphatic carbocycles. The predicted octanol–water partition coefficient (Wildman–Crippen LogP) is 4.07. The number of benzene rings is 2. The number of amides is 2. The summed E-state index contributed by atoms with van der Waals surface area (Å²) in [7, 11) is 0. The highest BCUT2D eigenvalue weighted by molar-refractivity contribution is 6.30. The number of nitrogens with one attached hydrogen (secondary N) is 3. The Morgan fingerprint density at radius 3 is 2.68 bits per heavy atom.